The number of hydrogen-bond donors (Lipinski definition) is 1. The molecule has 0 aliphatic rings. The first-order valence-electron chi connectivity index (χ1n) is 4.39. The molecule has 0 aliphatic heterocycles. The van der Waals surface area contributed by atoms with Crippen molar-refractivity contribution in [2.75, 3.05) is 0 Å². The third kappa shape index (κ3) is 4.14. The highest BCUT2D eigenvalue weighted by Gasteiger charge is 2.10. The Morgan fingerprint density at radius 3 is 2.56 bits per heavy atom. The topological polar surface area (TPSA) is 72.5 Å². The summed E-state index contributed by atoms with van der Waals surface area (Å²) in [5.41, 5.74) is 0.772. The predicted octanol–water partition coefficient (Wildman–Crippen LogP) is 1.39. The van der Waals surface area contributed by atoms with Crippen molar-refractivity contribution < 1.29 is 17.9 Å². The molecule has 0 saturated carbocycles. The Labute approximate surface area is 93.8 Å². The maximum atomic E-state index is 11.0. The van der Waals surface area contributed by atoms with Gasteiger partial charge in [0.2, 0.25) is 0 Å². The third-order valence-corrected chi connectivity index (χ3v) is 2.55. The number of amides is 1. The molecule has 5 nitrogen and oxygen atoms in total. The summed E-state index contributed by atoms with van der Waals surface area (Å²) in [6.07, 6.45) is -1.02. The average Bonchev–Trinajstić information content (AvgIpc) is 2.27. The van der Waals surface area contributed by atoms with E-state index in [0.717, 1.165) is 5.56 Å². The number of carbonyl (C=O) groups is 1. The van der Waals surface area contributed by atoms with Gasteiger partial charge in [-0.2, -0.15) is 0 Å². The van der Waals surface area contributed by atoms with Gasteiger partial charge >= 0.3 is 6.09 Å². The molecule has 0 heterocycles. The Balaban J connectivity index is 2.46. The molecule has 0 radical (unpaired) electrons. The molecule has 1 aromatic carbocycles. The van der Waals surface area contributed by atoms with Crippen LogP contribution >= 0.6 is 0 Å². The Morgan fingerprint density at radius 1 is 1.38 bits per heavy atom. The number of ether oxygens (including phenoxy) is 1. The van der Waals surface area contributed by atoms with E-state index in [0.29, 0.717) is 5.41 Å². The van der Waals surface area contributed by atoms with Crippen LogP contribution in [-0.2, 0) is 21.4 Å². The van der Waals surface area contributed by atoms with Crippen LogP contribution < -0.4 is 4.72 Å². The molecule has 0 bridgehead atoms. The molecule has 0 aromatic heterocycles. The largest absolute Gasteiger partial charge is 0.444 e. The zero-order valence-corrected chi connectivity index (χ0v) is 9.24. The highest BCUT2D eigenvalue weighted by Crippen LogP contribution is 2.00. The van der Waals surface area contributed by atoms with E-state index in [9.17, 15) is 13.2 Å². The van der Waals surface area contributed by atoms with Gasteiger partial charge in [0.1, 0.15) is 6.61 Å². The van der Waals surface area contributed by atoms with Gasteiger partial charge in [0.25, 0.3) is 10.0 Å². The van der Waals surface area contributed by atoms with Crippen LogP contribution in [0.2, 0.25) is 0 Å². The Morgan fingerprint density at radius 2 is 2.00 bits per heavy atom. The highest BCUT2D eigenvalue weighted by atomic mass is 32.2. The standard InChI is InChI=1S/C10H11NO4S/c1-2-16(13,14)11-10(12)15-8-9-6-4-3-5-7-9/h2-7H,1,8H2,(H,11,12). The number of hydrogen-bond acceptors (Lipinski definition) is 4. The zero-order chi connectivity index (χ0) is 12.0. The normalized spacial score (nSPS) is 10.5. The summed E-state index contributed by atoms with van der Waals surface area (Å²) in [7, 11) is -3.78. The lowest BCUT2D eigenvalue weighted by molar-refractivity contribution is 0.146. The molecule has 0 spiro atoms. The van der Waals surface area contributed by atoms with E-state index >= 15 is 0 Å². The minimum absolute atomic E-state index is 0.0132. The summed E-state index contributed by atoms with van der Waals surface area (Å²) in [6.45, 7) is 3.06. The fraction of sp³-hybridized carbons (Fsp3) is 0.100. The zero-order valence-electron chi connectivity index (χ0n) is 8.42. The Kier molecular flexibility index (Phi) is 4.07. The van der Waals surface area contributed by atoms with Gasteiger partial charge in [0.05, 0.1) is 0 Å². The van der Waals surface area contributed by atoms with Gasteiger partial charge in [0.15, 0.2) is 0 Å². The van der Waals surface area contributed by atoms with Crippen LogP contribution in [0.4, 0.5) is 4.79 Å². The molecule has 1 rings (SSSR count). The first-order chi connectivity index (χ1) is 7.53. The molecule has 0 saturated heterocycles. The predicted molar refractivity (Wildman–Crippen MR) is 58.9 cm³/mol. The summed E-state index contributed by atoms with van der Waals surface area (Å²) in [4.78, 5) is 11.0. The van der Waals surface area contributed by atoms with Crippen LogP contribution in [0.3, 0.4) is 0 Å². The van der Waals surface area contributed by atoms with Crippen LogP contribution in [0.15, 0.2) is 42.3 Å². The number of rotatable bonds is 4. The summed E-state index contributed by atoms with van der Waals surface area (Å²) < 4.78 is 28.1. The van der Waals surface area contributed by atoms with Crippen LogP contribution in [0.1, 0.15) is 5.56 Å². The summed E-state index contributed by atoms with van der Waals surface area (Å²) in [5, 5.41) is 0.636. The van der Waals surface area contributed by atoms with E-state index in [4.69, 9.17) is 0 Å². The Bertz CT molecular complexity index is 467. The SMILES string of the molecule is C=CS(=O)(=O)NC(=O)OCc1ccccc1. The molecule has 16 heavy (non-hydrogen) atoms. The van der Waals surface area contributed by atoms with Crippen molar-refractivity contribution in [1.82, 2.24) is 4.72 Å². The van der Waals surface area contributed by atoms with Crippen molar-refractivity contribution in [2.45, 2.75) is 6.61 Å². The van der Waals surface area contributed by atoms with Crippen molar-refractivity contribution in [3.05, 3.63) is 47.9 Å². The number of benzene rings is 1. The lowest BCUT2D eigenvalue weighted by Gasteiger charge is -2.05. The van der Waals surface area contributed by atoms with Gasteiger partial charge in [-0.1, -0.05) is 36.9 Å². The smallest absolute Gasteiger partial charge is 0.421 e. The van der Waals surface area contributed by atoms with Gasteiger partial charge in [-0.3, -0.25) is 0 Å². The van der Waals surface area contributed by atoms with Crippen LogP contribution in [-0.4, -0.2) is 14.5 Å². The second kappa shape index (κ2) is 5.32. The van der Waals surface area contributed by atoms with Gasteiger partial charge in [-0.15, -0.1) is 0 Å². The maximum absolute atomic E-state index is 11.0. The summed E-state index contributed by atoms with van der Waals surface area (Å²) in [6, 6.07) is 8.92. The molecular formula is C10H11NO4S. The second-order valence-electron chi connectivity index (χ2n) is 2.88. The third-order valence-electron chi connectivity index (χ3n) is 1.66. The monoisotopic (exact) mass is 241 g/mol. The van der Waals surface area contributed by atoms with Gasteiger partial charge in [0, 0.05) is 5.41 Å². The minimum Gasteiger partial charge on any atom is -0.444 e. The molecule has 1 aromatic rings. The number of sulfonamides is 1. The van der Waals surface area contributed by atoms with E-state index in [1.807, 2.05) is 6.07 Å². The molecule has 1 amide bonds. The van der Waals surface area contributed by atoms with E-state index in [1.54, 1.807) is 29.0 Å². The molecule has 0 aliphatic carbocycles. The van der Waals surface area contributed by atoms with Crippen LogP contribution in [0, 0.1) is 0 Å². The van der Waals surface area contributed by atoms with Crippen molar-refractivity contribution >= 4 is 16.1 Å². The fourth-order valence-electron chi connectivity index (χ4n) is 0.910. The molecule has 86 valence electrons. The van der Waals surface area contributed by atoms with Crippen LogP contribution in [0.5, 0.6) is 0 Å². The van der Waals surface area contributed by atoms with Crippen molar-refractivity contribution in [2.24, 2.45) is 0 Å². The minimum atomic E-state index is -3.78. The quantitative estimate of drug-likeness (QED) is 0.864. The molecule has 6 heteroatoms. The van der Waals surface area contributed by atoms with E-state index in [1.165, 1.54) is 0 Å². The molecule has 0 fully saturated rings. The molecule has 0 atom stereocenters. The van der Waals surface area contributed by atoms with E-state index in [2.05, 4.69) is 11.3 Å². The molecule has 0 unspecified atom stereocenters. The molecule has 1 N–H and O–H groups in total. The van der Waals surface area contributed by atoms with Crippen LogP contribution in [0.25, 0.3) is 0 Å². The lowest BCUT2D eigenvalue weighted by atomic mass is 10.2. The van der Waals surface area contributed by atoms with Crippen molar-refractivity contribution in [1.29, 1.82) is 0 Å². The first kappa shape index (κ1) is 12.3. The van der Waals surface area contributed by atoms with Crippen molar-refractivity contribution in [3.8, 4) is 0 Å². The Hall–Kier alpha value is -1.82. The highest BCUT2D eigenvalue weighted by molar-refractivity contribution is 7.92. The summed E-state index contributed by atoms with van der Waals surface area (Å²) >= 11 is 0. The average molecular weight is 241 g/mol. The number of carbonyl (C=O) groups excluding carboxylic acids is 1. The fourth-order valence-corrected chi connectivity index (χ4v) is 1.28. The first-order valence-corrected chi connectivity index (χ1v) is 5.94. The second-order valence-corrected chi connectivity index (χ2v) is 4.50. The van der Waals surface area contributed by atoms with Gasteiger partial charge in [-0.05, 0) is 5.56 Å². The molecular weight excluding hydrogens is 230 g/mol. The number of nitrogens with one attached hydrogen (secondary N) is 1. The van der Waals surface area contributed by atoms with E-state index < -0.39 is 16.1 Å². The van der Waals surface area contributed by atoms with Gasteiger partial charge < -0.3 is 4.74 Å². The van der Waals surface area contributed by atoms with Crippen molar-refractivity contribution in [3.63, 3.8) is 0 Å². The van der Waals surface area contributed by atoms with Gasteiger partial charge in [-0.25, -0.2) is 17.9 Å². The summed E-state index contributed by atoms with van der Waals surface area (Å²) in [5.74, 6) is 0. The maximum Gasteiger partial charge on any atom is 0.421 e. The lowest BCUT2D eigenvalue weighted by Crippen LogP contribution is -2.29. The van der Waals surface area contributed by atoms with E-state index in [-0.39, 0.29) is 6.61 Å².